The average Bonchev–Trinajstić information content (AvgIpc) is 2.38. The van der Waals surface area contributed by atoms with Crippen molar-refractivity contribution in [3.05, 3.63) is 51.5 Å². The minimum absolute atomic E-state index is 0.390. The van der Waals surface area contributed by atoms with E-state index in [1.807, 2.05) is 12.1 Å². The highest BCUT2D eigenvalue weighted by Crippen LogP contribution is 2.25. The van der Waals surface area contributed by atoms with Gasteiger partial charge in [0.05, 0.1) is 22.2 Å². The lowest BCUT2D eigenvalue weighted by molar-refractivity contribution is 0.569. The van der Waals surface area contributed by atoms with Gasteiger partial charge >= 0.3 is 5.63 Å². The summed E-state index contributed by atoms with van der Waals surface area (Å²) in [6.45, 7) is 3.52. The van der Waals surface area contributed by atoms with Gasteiger partial charge in [0, 0.05) is 5.39 Å². The number of rotatable bonds is 0. The third kappa shape index (κ3) is 1.52. The number of nitriles is 1. The van der Waals surface area contributed by atoms with Gasteiger partial charge in [0.1, 0.15) is 11.7 Å². The summed E-state index contributed by atoms with van der Waals surface area (Å²) in [6.07, 6.45) is 0. The van der Waals surface area contributed by atoms with Gasteiger partial charge in [-0.05, 0) is 31.5 Å². The van der Waals surface area contributed by atoms with E-state index in [0.29, 0.717) is 33.3 Å². The topological polar surface area (TPSA) is 66.9 Å². The first-order chi connectivity index (χ1) is 9.13. The maximum Gasteiger partial charge on any atom is 0.346 e. The SMILES string of the molecule is Cc1nc2c(c(C)c1C#N)c(=O)oc1ccccc12. The maximum absolute atomic E-state index is 12.1. The van der Waals surface area contributed by atoms with E-state index in [1.165, 1.54) is 0 Å². The third-order valence-corrected chi connectivity index (χ3v) is 3.29. The Morgan fingerprint density at radius 3 is 2.74 bits per heavy atom. The number of hydrogen-bond donors (Lipinski definition) is 0. The molecule has 19 heavy (non-hydrogen) atoms. The summed E-state index contributed by atoms with van der Waals surface area (Å²) in [6, 6.07) is 9.36. The zero-order valence-electron chi connectivity index (χ0n) is 10.5. The summed E-state index contributed by atoms with van der Waals surface area (Å²) in [4.78, 5) is 16.5. The van der Waals surface area contributed by atoms with Gasteiger partial charge in [0.15, 0.2) is 0 Å². The van der Waals surface area contributed by atoms with Crippen LogP contribution in [0, 0.1) is 25.2 Å². The van der Waals surface area contributed by atoms with E-state index < -0.39 is 5.63 Å². The van der Waals surface area contributed by atoms with Crippen molar-refractivity contribution in [2.75, 3.05) is 0 Å². The van der Waals surface area contributed by atoms with E-state index in [9.17, 15) is 4.79 Å². The number of hydrogen-bond acceptors (Lipinski definition) is 4. The predicted molar refractivity (Wildman–Crippen MR) is 72.0 cm³/mol. The molecule has 0 aliphatic carbocycles. The average molecular weight is 250 g/mol. The molecule has 0 radical (unpaired) electrons. The Hall–Kier alpha value is -2.67. The number of pyridine rings is 1. The van der Waals surface area contributed by atoms with E-state index >= 15 is 0 Å². The van der Waals surface area contributed by atoms with Crippen LogP contribution < -0.4 is 5.63 Å². The fraction of sp³-hybridized carbons (Fsp3) is 0.133. The van der Waals surface area contributed by atoms with E-state index in [2.05, 4.69) is 11.1 Å². The van der Waals surface area contributed by atoms with Gasteiger partial charge in [0.2, 0.25) is 0 Å². The fourth-order valence-corrected chi connectivity index (χ4v) is 2.37. The highest BCUT2D eigenvalue weighted by molar-refractivity contribution is 6.03. The van der Waals surface area contributed by atoms with Gasteiger partial charge in [-0.3, -0.25) is 4.98 Å². The van der Waals surface area contributed by atoms with Crippen molar-refractivity contribution in [3.63, 3.8) is 0 Å². The molecule has 0 spiro atoms. The summed E-state index contributed by atoms with van der Waals surface area (Å²) in [5, 5.41) is 10.3. The van der Waals surface area contributed by atoms with Crippen molar-refractivity contribution < 1.29 is 4.42 Å². The van der Waals surface area contributed by atoms with Crippen LogP contribution in [0.25, 0.3) is 21.9 Å². The number of para-hydroxylation sites is 1. The number of fused-ring (bicyclic) bond motifs is 3. The minimum atomic E-state index is -0.449. The summed E-state index contributed by atoms with van der Waals surface area (Å²) in [5.74, 6) is 0. The smallest absolute Gasteiger partial charge is 0.346 e. The molecular formula is C15H10N2O2. The minimum Gasteiger partial charge on any atom is -0.422 e. The Kier molecular flexibility index (Phi) is 2.36. The molecule has 3 aromatic rings. The Morgan fingerprint density at radius 1 is 1.26 bits per heavy atom. The molecule has 1 aromatic carbocycles. The Morgan fingerprint density at radius 2 is 2.00 bits per heavy atom. The van der Waals surface area contributed by atoms with Gasteiger partial charge in [-0.1, -0.05) is 12.1 Å². The molecule has 0 atom stereocenters. The van der Waals surface area contributed by atoms with Crippen LogP contribution in [0.5, 0.6) is 0 Å². The zero-order chi connectivity index (χ0) is 13.6. The summed E-state index contributed by atoms with van der Waals surface area (Å²) in [7, 11) is 0. The van der Waals surface area contributed by atoms with Crippen LogP contribution in [-0.2, 0) is 0 Å². The van der Waals surface area contributed by atoms with Crippen molar-refractivity contribution >= 4 is 21.9 Å². The Labute approximate surface area is 108 Å². The van der Waals surface area contributed by atoms with Gasteiger partial charge < -0.3 is 4.42 Å². The molecule has 0 aliphatic rings. The fourth-order valence-electron chi connectivity index (χ4n) is 2.37. The molecule has 0 fully saturated rings. The van der Waals surface area contributed by atoms with Crippen LogP contribution in [0.1, 0.15) is 16.8 Å². The lowest BCUT2D eigenvalue weighted by Gasteiger charge is -2.07. The lowest BCUT2D eigenvalue weighted by atomic mass is 10.0. The van der Waals surface area contributed by atoms with E-state index in [-0.39, 0.29) is 0 Å². The summed E-state index contributed by atoms with van der Waals surface area (Å²) < 4.78 is 5.29. The van der Waals surface area contributed by atoms with Crippen molar-refractivity contribution in [2.24, 2.45) is 0 Å². The van der Waals surface area contributed by atoms with Crippen molar-refractivity contribution in [2.45, 2.75) is 13.8 Å². The van der Waals surface area contributed by atoms with Gasteiger partial charge in [-0.2, -0.15) is 5.26 Å². The Balaban J connectivity index is 2.69. The van der Waals surface area contributed by atoms with E-state index in [0.717, 1.165) is 5.39 Å². The van der Waals surface area contributed by atoms with Crippen LogP contribution in [-0.4, -0.2) is 4.98 Å². The van der Waals surface area contributed by atoms with Gasteiger partial charge in [-0.15, -0.1) is 0 Å². The van der Waals surface area contributed by atoms with Crippen molar-refractivity contribution in [3.8, 4) is 6.07 Å². The molecule has 0 saturated carbocycles. The molecule has 4 heteroatoms. The third-order valence-electron chi connectivity index (χ3n) is 3.29. The van der Waals surface area contributed by atoms with Crippen LogP contribution in [0.2, 0.25) is 0 Å². The number of benzene rings is 1. The van der Waals surface area contributed by atoms with Gasteiger partial charge in [0.25, 0.3) is 0 Å². The molecule has 0 N–H and O–H groups in total. The molecule has 92 valence electrons. The molecule has 0 bridgehead atoms. The van der Waals surface area contributed by atoms with Crippen LogP contribution >= 0.6 is 0 Å². The summed E-state index contributed by atoms with van der Waals surface area (Å²) in [5.41, 5.74) is 2.36. The second kappa shape index (κ2) is 3.92. The molecule has 3 rings (SSSR count). The number of aromatic nitrogens is 1. The molecule has 2 aromatic heterocycles. The van der Waals surface area contributed by atoms with E-state index in [1.54, 1.807) is 26.0 Å². The Bertz CT molecular complexity index is 917. The lowest BCUT2D eigenvalue weighted by Crippen LogP contribution is -2.06. The number of nitrogens with zero attached hydrogens (tertiary/aromatic N) is 2. The normalized spacial score (nSPS) is 10.8. The monoisotopic (exact) mass is 250 g/mol. The van der Waals surface area contributed by atoms with Crippen LogP contribution in [0.4, 0.5) is 0 Å². The standard InChI is InChI=1S/C15H10N2O2/c1-8-11(7-16)9(2)17-14-10-5-3-4-6-12(10)19-15(18)13(8)14/h3-6H,1-2H3. The largest absolute Gasteiger partial charge is 0.422 e. The highest BCUT2D eigenvalue weighted by atomic mass is 16.4. The van der Waals surface area contributed by atoms with Crippen molar-refractivity contribution in [1.82, 2.24) is 4.98 Å². The molecular weight excluding hydrogens is 240 g/mol. The zero-order valence-corrected chi connectivity index (χ0v) is 10.5. The first kappa shape index (κ1) is 11.4. The molecule has 0 saturated heterocycles. The second-order valence-electron chi connectivity index (χ2n) is 4.42. The molecule has 2 heterocycles. The summed E-state index contributed by atoms with van der Waals surface area (Å²) >= 11 is 0. The van der Waals surface area contributed by atoms with Gasteiger partial charge in [-0.25, -0.2) is 4.79 Å². The van der Waals surface area contributed by atoms with Crippen molar-refractivity contribution in [1.29, 1.82) is 5.26 Å². The molecule has 0 amide bonds. The molecule has 0 aliphatic heterocycles. The molecule has 4 nitrogen and oxygen atoms in total. The highest BCUT2D eigenvalue weighted by Gasteiger charge is 2.15. The first-order valence-corrected chi connectivity index (χ1v) is 5.86. The molecule has 0 unspecified atom stereocenters. The quantitative estimate of drug-likeness (QED) is 0.454. The maximum atomic E-state index is 12.1. The van der Waals surface area contributed by atoms with Crippen LogP contribution in [0.3, 0.4) is 0 Å². The van der Waals surface area contributed by atoms with E-state index in [4.69, 9.17) is 9.68 Å². The number of aryl methyl sites for hydroxylation is 2. The second-order valence-corrected chi connectivity index (χ2v) is 4.42. The predicted octanol–water partition coefficient (Wildman–Crippen LogP) is 2.83. The first-order valence-electron chi connectivity index (χ1n) is 5.86. The van der Waals surface area contributed by atoms with Crippen LogP contribution in [0.15, 0.2) is 33.5 Å².